The van der Waals surface area contributed by atoms with Crippen molar-refractivity contribution in [2.45, 2.75) is 30.7 Å². The largest absolute Gasteiger partial charge is 0.352 e. The molecule has 0 heterocycles. The molecule has 1 fully saturated rings. The molecule has 21 heavy (non-hydrogen) atoms. The first kappa shape index (κ1) is 16.0. The van der Waals surface area contributed by atoms with Gasteiger partial charge in [-0.05, 0) is 43.0 Å². The van der Waals surface area contributed by atoms with Crippen molar-refractivity contribution in [2.75, 3.05) is 12.8 Å². The van der Waals surface area contributed by atoms with E-state index in [4.69, 9.17) is 5.73 Å². The molecule has 2 rings (SSSR count). The van der Waals surface area contributed by atoms with Gasteiger partial charge >= 0.3 is 0 Å². The van der Waals surface area contributed by atoms with Gasteiger partial charge in [0.25, 0.3) is 0 Å². The minimum Gasteiger partial charge on any atom is -0.352 e. The maximum Gasteiger partial charge on any atom is 0.223 e. The molecule has 0 bridgehead atoms. The van der Waals surface area contributed by atoms with Crippen molar-refractivity contribution in [1.29, 1.82) is 0 Å². The number of hydrogen-bond acceptors (Lipinski definition) is 4. The molecule has 1 aliphatic rings. The lowest BCUT2D eigenvalue weighted by atomic mass is 9.95. The quantitative estimate of drug-likeness (QED) is 0.851. The van der Waals surface area contributed by atoms with Crippen LogP contribution in [0.25, 0.3) is 0 Å². The topological polar surface area (TPSA) is 89.3 Å². The molecule has 1 aromatic carbocycles. The zero-order valence-corrected chi connectivity index (χ0v) is 13.0. The van der Waals surface area contributed by atoms with Gasteiger partial charge in [-0.25, -0.2) is 8.42 Å². The monoisotopic (exact) mass is 310 g/mol. The Hall–Kier alpha value is -1.40. The molecular weight excluding hydrogens is 288 g/mol. The normalized spacial score (nSPS) is 22.2. The van der Waals surface area contributed by atoms with Crippen LogP contribution >= 0.6 is 0 Å². The second kappa shape index (κ2) is 6.58. The molecule has 2 atom stereocenters. The molecule has 0 saturated heterocycles. The Kier molecular flexibility index (Phi) is 5.00. The summed E-state index contributed by atoms with van der Waals surface area (Å²) in [6.07, 6.45) is 4.16. The van der Waals surface area contributed by atoms with E-state index >= 15 is 0 Å². The van der Waals surface area contributed by atoms with Crippen molar-refractivity contribution in [2.24, 2.45) is 17.6 Å². The van der Waals surface area contributed by atoms with Gasteiger partial charge < -0.3 is 11.1 Å². The standard InChI is InChI=1S/C15H22N2O3S/c1-21(19,20)13-7-5-11(6-8-13)10-17-15(18)14-4-2-3-12(14)9-16/h5-8,12,14H,2-4,9-10,16H2,1H3,(H,17,18). The van der Waals surface area contributed by atoms with Crippen molar-refractivity contribution in [1.82, 2.24) is 5.32 Å². The Labute approximate surface area is 125 Å². The van der Waals surface area contributed by atoms with Gasteiger partial charge in [-0.2, -0.15) is 0 Å². The molecule has 1 amide bonds. The number of nitrogens with one attached hydrogen (secondary N) is 1. The van der Waals surface area contributed by atoms with Crippen molar-refractivity contribution in [3.63, 3.8) is 0 Å². The average Bonchev–Trinajstić information content (AvgIpc) is 2.92. The molecule has 116 valence electrons. The van der Waals surface area contributed by atoms with Gasteiger partial charge in [0, 0.05) is 18.7 Å². The van der Waals surface area contributed by atoms with Gasteiger partial charge in [-0.3, -0.25) is 4.79 Å². The lowest BCUT2D eigenvalue weighted by Crippen LogP contribution is -2.34. The number of rotatable bonds is 5. The summed E-state index contributed by atoms with van der Waals surface area (Å²) in [7, 11) is -3.18. The number of amides is 1. The molecule has 6 heteroatoms. The summed E-state index contributed by atoms with van der Waals surface area (Å²) >= 11 is 0. The predicted octanol–water partition coefficient (Wildman–Crippen LogP) is 1.08. The Bertz CT molecular complexity index is 596. The van der Waals surface area contributed by atoms with E-state index in [0.717, 1.165) is 24.8 Å². The van der Waals surface area contributed by atoms with E-state index in [1.165, 1.54) is 6.26 Å². The zero-order valence-electron chi connectivity index (χ0n) is 12.2. The Morgan fingerprint density at radius 2 is 1.95 bits per heavy atom. The molecular formula is C15H22N2O3S. The predicted molar refractivity (Wildman–Crippen MR) is 81.3 cm³/mol. The lowest BCUT2D eigenvalue weighted by molar-refractivity contribution is -0.126. The number of sulfone groups is 1. The molecule has 2 unspecified atom stereocenters. The van der Waals surface area contributed by atoms with E-state index in [1.54, 1.807) is 24.3 Å². The smallest absolute Gasteiger partial charge is 0.223 e. The fraction of sp³-hybridized carbons (Fsp3) is 0.533. The average molecular weight is 310 g/mol. The third-order valence-electron chi connectivity index (χ3n) is 4.12. The fourth-order valence-electron chi connectivity index (χ4n) is 2.84. The highest BCUT2D eigenvalue weighted by molar-refractivity contribution is 7.90. The third-order valence-corrected chi connectivity index (χ3v) is 5.25. The fourth-order valence-corrected chi connectivity index (χ4v) is 3.47. The first-order valence-electron chi connectivity index (χ1n) is 7.18. The van der Waals surface area contributed by atoms with Gasteiger partial charge in [-0.15, -0.1) is 0 Å². The first-order chi connectivity index (χ1) is 9.91. The van der Waals surface area contributed by atoms with Gasteiger partial charge in [0.15, 0.2) is 9.84 Å². The van der Waals surface area contributed by atoms with Crippen LogP contribution in [0.1, 0.15) is 24.8 Å². The molecule has 1 aromatic rings. The van der Waals surface area contributed by atoms with Crippen LogP contribution in [-0.4, -0.2) is 27.1 Å². The summed E-state index contributed by atoms with van der Waals surface area (Å²) in [6, 6.07) is 6.58. The summed E-state index contributed by atoms with van der Waals surface area (Å²) in [5.41, 5.74) is 6.58. The van der Waals surface area contributed by atoms with E-state index in [1.807, 2.05) is 0 Å². The van der Waals surface area contributed by atoms with E-state index in [-0.39, 0.29) is 22.6 Å². The van der Waals surface area contributed by atoms with Crippen LogP contribution in [0.4, 0.5) is 0 Å². The highest BCUT2D eigenvalue weighted by Crippen LogP contribution is 2.30. The first-order valence-corrected chi connectivity index (χ1v) is 9.07. The minimum absolute atomic E-state index is 0.0188. The van der Waals surface area contributed by atoms with Crippen molar-refractivity contribution in [3.8, 4) is 0 Å². The van der Waals surface area contributed by atoms with Crippen LogP contribution in [0.2, 0.25) is 0 Å². The molecule has 0 aliphatic heterocycles. The molecule has 5 nitrogen and oxygen atoms in total. The van der Waals surface area contributed by atoms with E-state index in [2.05, 4.69) is 5.32 Å². The van der Waals surface area contributed by atoms with Gasteiger partial charge in [0.2, 0.25) is 5.91 Å². The second-order valence-corrected chi connectivity index (χ2v) is 7.68. The number of carbonyl (C=O) groups excluding carboxylic acids is 1. The summed E-state index contributed by atoms with van der Waals surface area (Å²) in [6.45, 7) is 0.970. The van der Waals surface area contributed by atoms with Gasteiger partial charge in [0.1, 0.15) is 0 Å². The minimum atomic E-state index is -3.18. The molecule has 1 saturated carbocycles. The molecule has 3 N–H and O–H groups in total. The third kappa shape index (κ3) is 4.04. The second-order valence-electron chi connectivity index (χ2n) is 5.67. The van der Waals surface area contributed by atoms with Crippen LogP contribution in [0.3, 0.4) is 0 Å². The van der Waals surface area contributed by atoms with Gasteiger partial charge in [-0.1, -0.05) is 18.6 Å². The Morgan fingerprint density at radius 3 is 2.52 bits per heavy atom. The van der Waals surface area contributed by atoms with E-state index in [9.17, 15) is 13.2 Å². The number of nitrogens with two attached hydrogens (primary N) is 1. The highest BCUT2D eigenvalue weighted by atomic mass is 32.2. The number of benzene rings is 1. The van der Waals surface area contributed by atoms with E-state index in [0.29, 0.717) is 13.1 Å². The molecule has 1 aliphatic carbocycles. The number of hydrogen-bond donors (Lipinski definition) is 2. The van der Waals surface area contributed by atoms with Crippen LogP contribution in [-0.2, 0) is 21.2 Å². The highest BCUT2D eigenvalue weighted by Gasteiger charge is 2.31. The van der Waals surface area contributed by atoms with Gasteiger partial charge in [0.05, 0.1) is 4.90 Å². The van der Waals surface area contributed by atoms with Crippen LogP contribution < -0.4 is 11.1 Å². The Balaban J connectivity index is 1.92. The van der Waals surface area contributed by atoms with Crippen LogP contribution in [0.15, 0.2) is 29.2 Å². The van der Waals surface area contributed by atoms with Crippen LogP contribution in [0, 0.1) is 11.8 Å². The molecule has 0 aromatic heterocycles. The van der Waals surface area contributed by atoms with E-state index < -0.39 is 9.84 Å². The van der Waals surface area contributed by atoms with Crippen molar-refractivity contribution >= 4 is 15.7 Å². The summed E-state index contributed by atoms with van der Waals surface area (Å²) < 4.78 is 22.7. The molecule has 0 spiro atoms. The zero-order chi connectivity index (χ0) is 15.5. The SMILES string of the molecule is CS(=O)(=O)c1ccc(CNC(=O)C2CCCC2CN)cc1. The summed E-state index contributed by atoms with van der Waals surface area (Å²) in [5.74, 6) is 0.359. The summed E-state index contributed by atoms with van der Waals surface area (Å²) in [4.78, 5) is 12.4. The Morgan fingerprint density at radius 1 is 1.29 bits per heavy atom. The van der Waals surface area contributed by atoms with Crippen molar-refractivity contribution < 1.29 is 13.2 Å². The van der Waals surface area contributed by atoms with Crippen LogP contribution in [0.5, 0.6) is 0 Å². The van der Waals surface area contributed by atoms with Crippen molar-refractivity contribution in [3.05, 3.63) is 29.8 Å². The molecule has 0 radical (unpaired) electrons. The number of carbonyl (C=O) groups is 1. The maximum atomic E-state index is 12.2. The maximum absolute atomic E-state index is 12.2. The lowest BCUT2D eigenvalue weighted by Gasteiger charge is -2.17. The summed E-state index contributed by atoms with van der Waals surface area (Å²) in [5, 5.41) is 2.92.